The number of aromatic hydroxyl groups is 4. The standard InChI is InChI=1S/C23H24O4/c1-12-7-16(5-6-19(12)24)21(17-8-13(2)22(26)14(3)9-17)18-10-15(4)23(27)20(25)11-18/h5-11,21,24-27H,1-4H3. The van der Waals surface area contributed by atoms with Crippen LogP contribution in [-0.2, 0) is 0 Å². The monoisotopic (exact) mass is 364 g/mol. The summed E-state index contributed by atoms with van der Waals surface area (Å²) in [6.07, 6.45) is 0. The van der Waals surface area contributed by atoms with Crippen molar-refractivity contribution in [2.24, 2.45) is 0 Å². The third kappa shape index (κ3) is 3.43. The van der Waals surface area contributed by atoms with Crippen molar-refractivity contribution >= 4 is 0 Å². The SMILES string of the molecule is Cc1cc(C(c2cc(C)c(O)c(C)c2)c2cc(C)c(O)c(O)c2)ccc1O. The molecule has 4 heteroatoms. The molecule has 27 heavy (non-hydrogen) atoms. The van der Waals surface area contributed by atoms with Gasteiger partial charge in [-0.05, 0) is 78.8 Å². The van der Waals surface area contributed by atoms with Gasteiger partial charge >= 0.3 is 0 Å². The summed E-state index contributed by atoms with van der Waals surface area (Å²) >= 11 is 0. The van der Waals surface area contributed by atoms with Crippen LogP contribution in [0.5, 0.6) is 23.0 Å². The zero-order chi connectivity index (χ0) is 19.9. The van der Waals surface area contributed by atoms with E-state index in [4.69, 9.17) is 0 Å². The zero-order valence-electron chi connectivity index (χ0n) is 15.9. The molecule has 1 atom stereocenters. The van der Waals surface area contributed by atoms with Crippen molar-refractivity contribution in [3.8, 4) is 23.0 Å². The molecule has 0 aliphatic carbocycles. The highest BCUT2D eigenvalue weighted by molar-refractivity contribution is 5.55. The summed E-state index contributed by atoms with van der Waals surface area (Å²) in [6, 6.07) is 12.7. The molecule has 0 saturated heterocycles. The summed E-state index contributed by atoms with van der Waals surface area (Å²) in [6.45, 7) is 7.28. The molecule has 3 aromatic rings. The Morgan fingerprint density at radius 3 is 1.52 bits per heavy atom. The van der Waals surface area contributed by atoms with Gasteiger partial charge in [-0.1, -0.05) is 30.3 Å². The first-order chi connectivity index (χ1) is 12.7. The summed E-state index contributed by atoms with van der Waals surface area (Å²) in [4.78, 5) is 0. The Labute approximate surface area is 159 Å². The minimum atomic E-state index is -0.229. The normalized spacial score (nSPS) is 12.1. The highest BCUT2D eigenvalue weighted by Gasteiger charge is 2.21. The van der Waals surface area contributed by atoms with Crippen LogP contribution in [-0.4, -0.2) is 20.4 Å². The molecule has 0 amide bonds. The molecule has 4 N–H and O–H groups in total. The van der Waals surface area contributed by atoms with E-state index in [0.717, 1.165) is 33.4 Å². The quantitative estimate of drug-likeness (QED) is 0.393. The third-order valence-corrected chi connectivity index (χ3v) is 5.04. The van der Waals surface area contributed by atoms with Crippen LogP contribution in [0.4, 0.5) is 0 Å². The Hall–Kier alpha value is -3.14. The summed E-state index contributed by atoms with van der Waals surface area (Å²) in [7, 11) is 0. The van der Waals surface area contributed by atoms with E-state index in [1.54, 1.807) is 19.1 Å². The van der Waals surface area contributed by atoms with Gasteiger partial charge in [0.1, 0.15) is 11.5 Å². The van der Waals surface area contributed by atoms with Crippen LogP contribution < -0.4 is 0 Å². The predicted molar refractivity (Wildman–Crippen MR) is 106 cm³/mol. The van der Waals surface area contributed by atoms with Gasteiger partial charge in [0.15, 0.2) is 11.5 Å². The van der Waals surface area contributed by atoms with E-state index < -0.39 is 0 Å². The average Bonchev–Trinajstić information content (AvgIpc) is 2.60. The van der Waals surface area contributed by atoms with Gasteiger partial charge in [0.25, 0.3) is 0 Å². The van der Waals surface area contributed by atoms with E-state index in [1.807, 2.05) is 51.1 Å². The van der Waals surface area contributed by atoms with Crippen molar-refractivity contribution in [1.29, 1.82) is 0 Å². The van der Waals surface area contributed by atoms with Crippen LogP contribution in [0.25, 0.3) is 0 Å². The first-order valence-electron chi connectivity index (χ1n) is 8.81. The second-order valence-electron chi connectivity index (χ2n) is 7.19. The van der Waals surface area contributed by atoms with E-state index >= 15 is 0 Å². The molecule has 140 valence electrons. The Kier molecular flexibility index (Phi) is 4.75. The average molecular weight is 364 g/mol. The van der Waals surface area contributed by atoms with Crippen molar-refractivity contribution in [3.05, 3.63) is 81.4 Å². The summed E-state index contributed by atoms with van der Waals surface area (Å²) in [5.41, 5.74) is 5.59. The van der Waals surface area contributed by atoms with E-state index in [0.29, 0.717) is 5.56 Å². The Morgan fingerprint density at radius 1 is 0.519 bits per heavy atom. The second kappa shape index (κ2) is 6.88. The topological polar surface area (TPSA) is 80.9 Å². The fourth-order valence-corrected chi connectivity index (χ4v) is 3.55. The van der Waals surface area contributed by atoms with Gasteiger partial charge in [-0.25, -0.2) is 0 Å². The zero-order valence-corrected chi connectivity index (χ0v) is 15.9. The predicted octanol–water partition coefficient (Wildman–Crippen LogP) is 4.92. The molecule has 0 aromatic heterocycles. The molecular formula is C23H24O4. The highest BCUT2D eigenvalue weighted by atomic mass is 16.3. The molecule has 0 bridgehead atoms. The maximum absolute atomic E-state index is 10.2. The number of aryl methyl sites for hydroxylation is 4. The van der Waals surface area contributed by atoms with E-state index in [1.165, 1.54) is 0 Å². The second-order valence-corrected chi connectivity index (χ2v) is 7.19. The molecule has 3 aromatic carbocycles. The van der Waals surface area contributed by atoms with Crippen molar-refractivity contribution < 1.29 is 20.4 Å². The maximum Gasteiger partial charge on any atom is 0.160 e. The van der Waals surface area contributed by atoms with Crippen LogP contribution in [0.2, 0.25) is 0 Å². The smallest absolute Gasteiger partial charge is 0.160 e. The van der Waals surface area contributed by atoms with E-state index in [9.17, 15) is 20.4 Å². The summed E-state index contributed by atoms with van der Waals surface area (Å²) < 4.78 is 0. The molecule has 0 radical (unpaired) electrons. The first kappa shape index (κ1) is 18.6. The number of benzene rings is 3. The molecule has 0 aliphatic rings. The largest absolute Gasteiger partial charge is 0.508 e. The van der Waals surface area contributed by atoms with Gasteiger partial charge in [-0.15, -0.1) is 0 Å². The lowest BCUT2D eigenvalue weighted by Crippen LogP contribution is -2.05. The van der Waals surface area contributed by atoms with Gasteiger partial charge in [-0.2, -0.15) is 0 Å². The highest BCUT2D eigenvalue weighted by Crippen LogP contribution is 2.40. The Balaban J connectivity index is 2.28. The summed E-state index contributed by atoms with van der Waals surface area (Å²) in [5.74, 6) is -0.0351. The number of phenols is 4. The maximum atomic E-state index is 10.2. The van der Waals surface area contributed by atoms with Crippen LogP contribution in [0.3, 0.4) is 0 Å². The fraction of sp³-hybridized carbons (Fsp3) is 0.217. The van der Waals surface area contributed by atoms with Crippen molar-refractivity contribution in [1.82, 2.24) is 0 Å². The Morgan fingerprint density at radius 2 is 1.00 bits per heavy atom. The van der Waals surface area contributed by atoms with Crippen LogP contribution >= 0.6 is 0 Å². The van der Waals surface area contributed by atoms with Crippen molar-refractivity contribution in [2.45, 2.75) is 33.6 Å². The molecular weight excluding hydrogens is 340 g/mol. The van der Waals surface area contributed by atoms with Crippen LogP contribution in [0.15, 0.2) is 42.5 Å². The first-order valence-corrected chi connectivity index (χ1v) is 8.81. The number of hydrogen-bond acceptors (Lipinski definition) is 4. The molecule has 0 fully saturated rings. The van der Waals surface area contributed by atoms with Crippen LogP contribution in [0.1, 0.15) is 44.9 Å². The summed E-state index contributed by atoms with van der Waals surface area (Å²) in [5, 5.41) is 40.2. The van der Waals surface area contributed by atoms with Gasteiger partial charge in [0.2, 0.25) is 0 Å². The molecule has 0 saturated carbocycles. The van der Waals surface area contributed by atoms with Gasteiger partial charge in [0.05, 0.1) is 0 Å². The molecule has 1 unspecified atom stereocenters. The lowest BCUT2D eigenvalue weighted by atomic mass is 9.82. The van der Waals surface area contributed by atoms with Crippen LogP contribution in [0, 0.1) is 27.7 Å². The number of rotatable bonds is 3. The Bertz CT molecular complexity index is 917. The minimum absolute atomic E-state index is 0.127. The van der Waals surface area contributed by atoms with Gasteiger partial charge in [0, 0.05) is 5.92 Å². The molecule has 4 nitrogen and oxygen atoms in total. The third-order valence-electron chi connectivity index (χ3n) is 5.04. The lowest BCUT2D eigenvalue weighted by molar-refractivity contribution is 0.400. The number of hydrogen-bond donors (Lipinski definition) is 4. The van der Waals surface area contributed by atoms with Crippen molar-refractivity contribution in [3.63, 3.8) is 0 Å². The minimum Gasteiger partial charge on any atom is -0.508 e. The van der Waals surface area contributed by atoms with Gasteiger partial charge < -0.3 is 20.4 Å². The fourth-order valence-electron chi connectivity index (χ4n) is 3.55. The lowest BCUT2D eigenvalue weighted by Gasteiger charge is -2.22. The van der Waals surface area contributed by atoms with Gasteiger partial charge in [-0.3, -0.25) is 0 Å². The van der Waals surface area contributed by atoms with E-state index in [2.05, 4.69) is 0 Å². The molecule has 0 heterocycles. The number of phenolic OH excluding ortho intramolecular Hbond substituents is 4. The van der Waals surface area contributed by atoms with Crippen molar-refractivity contribution in [2.75, 3.05) is 0 Å². The molecule has 0 spiro atoms. The van der Waals surface area contributed by atoms with E-state index in [-0.39, 0.29) is 28.9 Å². The molecule has 3 rings (SSSR count). The molecule has 0 aliphatic heterocycles.